The molecule has 20 heavy (non-hydrogen) atoms. The van der Waals surface area contributed by atoms with Gasteiger partial charge in [-0.1, -0.05) is 30.3 Å². The highest BCUT2D eigenvalue weighted by Gasteiger charge is 2.20. The van der Waals surface area contributed by atoms with Crippen LogP contribution in [0.5, 0.6) is 0 Å². The van der Waals surface area contributed by atoms with Crippen LogP contribution in [0.25, 0.3) is 0 Å². The van der Waals surface area contributed by atoms with Crippen molar-refractivity contribution in [1.82, 2.24) is 5.32 Å². The van der Waals surface area contributed by atoms with Crippen LogP contribution in [0, 0.1) is 0 Å². The molecule has 0 aliphatic rings. The van der Waals surface area contributed by atoms with Crippen molar-refractivity contribution >= 4 is 6.09 Å². The Balaban J connectivity index is 2.40. The van der Waals surface area contributed by atoms with Gasteiger partial charge in [0.15, 0.2) is 0 Å². The Morgan fingerprint density at radius 1 is 1.25 bits per heavy atom. The highest BCUT2D eigenvalue weighted by Crippen LogP contribution is 2.05. The molecule has 2 atom stereocenters. The van der Waals surface area contributed by atoms with Crippen LogP contribution in [-0.4, -0.2) is 46.8 Å². The van der Waals surface area contributed by atoms with Gasteiger partial charge in [0.2, 0.25) is 0 Å². The molecular weight excluding hydrogens is 262 g/mol. The van der Waals surface area contributed by atoms with Crippen molar-refractivity contribution in [2.24, 2.45) is 0 Å². The molecule has 1 aromatic carbocycles. The number of amides is 1. The van der Waals surface area contributed by atoms with Crippen LogP contribution in [0.3, 0.4) is 0 Å². The van der Waals surface area contributed by atoms with Gasteiger partial charge in [-0.3, -0.25) is 0 Å². The maximum absolute atomic E-state index is 11.6. The quantitative estimate of drug-likeness (QED) is 0.554. The molecule has 1 rings (SSSR count). The van der Waals surface area contributed by atoms with Gasteiger partial charge in [0.1, 0.15) is 6.61 Å². The van der Waals surface area contributed by atoms with Gasteiger partial charge in [-0.25, -0.2) is 4.79 Å². The van der Waals surface area contributed by atoms with Crippen molar-refractivity contribution in [1.29, 1.82) is 0 Å². The molecule has 6 heteroatoms. The third-order valence-electron chi connectivity index (χ3n) is 2.84. The number of aliphatic hydroxyl groups is 3. The normalized spacial score (nSPS) is 13.6. The van der Waals surface area contributed by atoms with Gasteiger partial charge in [-0.2, -0.15) is 0 Å². The number of ether oxygens (including phenoxy) is 1. The summed E-state index contributed by atoms with van der Waals surface area (Å²) in [6.07, 6.45) is -0.963. The van der Waals surface area contributed by atoms with Crippen molar-refractivity contribution in [3.05, 3.63) is 35.9 Å². The van der Waals surface area contributed by atoms with E-state index in [1.807, 2.05) is 30.3 Å². The molecule has 0 radical (unpaired) electrons. The van der Waals surface area contributed by atoms with Gasteiger partial charge in [-0.15, -0.1) is 0 Å². The topological polar surface area (TPSA) is 99.0 Å². The molecule has 0 bridgehead atoms. The zero-order valence-electron chi connectivity index (χ0n) is 11.2. The lowest BCUT2D eigenvalue weighted by Gasteiger charge is -2.22. The molecule has 4 N–H and O–H groups in total. The van der Waals surface area contributed by atoms with Crippen molar-refractivity contribution in [2.45, 2.75) is 31.6 Å². The predicted molar refractivity (Wildman–Crippen MR) is 73.0 cm³/mol. The van der Waals surface area contributed by atoms with E-state index >= 15 is 0 Å². The van der Waals surface area contributed by atoms with E-state index < -0.39 is 24.8 Å². The van der Waals surface area contributed by atoms with Gasteiger partial charge in [0, 0.05) is 6.61 Å². The van der Waals surface area contributed by atoms with E-state index in [1.54, 1.807) is 0 Å². The van der Waals surface area contributed by atoms with E-state index in [-0.39, 0.29) is 13.2 Å². The molecule has 0 unspecified atom stereocenters. The number of aliphatic hydroxyl groups excluding tert-OH is 3. The fourth-order valence-corrected chi connectivity index (χ4v) is 1.72. The van der Waals surface area contributed by atoms with Crippen LogP contribution in [0.15, 0.2) is 30.3 Å². The Labute approximate surface area is 118 Å². The maximum Gasteiger partial charge on any atom is 0.407 e. The van der Waals surface area contributed by atoms with Gasteiger partial charge >= 0.3 is 6.09 Å². The summed E-state index contributed by atoms with van der Waals surface area (Å²) in [7, 11) is 0. The van der Waals surface area contributed by atoms with Gasteiger partial charge in [0.05, 0.1) is 18.8 Å². The van der Waals surface area contributed by atoms with Crippen molar-refractivity contribution in [3.8, 4) is 0 Å². The van der Waals surface area contributed by atoms with E-state index in [0.29, 0.717) is 12.8 Å². The summed E-state index contributed by atoms with van der Waals surface area (Å²) in [5.41, 5.74) is 0.859. The van der Waals surface area contributed by atoms with Crippen LogP contribution < -0.4 is 5.32 Å². The predicted octanol–water partition coefficient (Wildman–Crippen LogP) is 0.407. The SMILES string of the molecule is O=C(N[C@@H](CCCO)[C@H](O)CO)OCc1ccccc1. The second-order valence-electron chi connectivity index (χ2n) is 4.43. The van der Waals surface area contributed by atoms with Gasteiger partial charge < -0.3 is 25.4 Å². The van der Waals surface area contributed by atoms with E-state index in [1.165, 1.54) is 0 Å². The number of carbonyl (C=O) groups is 1. The minimum atomic E-state index is -1.08. The van der Waals surface area contributed by atoms with Crippen LogP contribution in [-0.2, 0) is 11.3 Å². The Morgan fingerprint density at radius 3 is 2.55 bits per heavy atom. The van der Waals surface area contributed by atoms with Crippen molar-refractivity contribution < 1.29 is 24.9 Å². The minimum Gasteiger partial charge on any atom is -0.445 e. The fourth-order valence-electron chi connectivity index (χ4n) is 1.72. The maximum atomic E-state index is 11.6. The monoisotopic (exact) mass is 283 g/mol. The molecule has 1 aromatic rings. The first-order valence-electron chi connectivity index (χ1n) is 6.54. The minimum absolute atomic E-state index is 0.0462. The lowest BCUT2D eigenvalue weighted by molar-refractivity contribution is 0.0528. The second kappa shape index (κ2) is 9.30. The summed E-state index contributed by atoms with van der Waals surface area (Å²) in [5.74, 6) is 0. The third-order valence-corrected chi connectivity index (χ3v) is 2.84. The summed E-state index contributed by atoms with van der Waals surface area (Å²) >= 11 is 0. The highest BCUT2D eigenvalue weighted by molar-refractivity contribution is 5.67. The van der Waals surface area contributed by atoms with Gasteiger partial charge in [-0.05, 0) is 18.4 Å². The molecule has 0 aliphatic heterocycles. The molecule has 112 valence electrons. The third kappa shape index (κ3) is 6.01. The molecule has 0 aliphatic carbocycles. The smallest absolute Gasteiger partial charge is 0.407 e. The Kier molecular flexibility index (Phi) is 7.64. The second-order valence-corrected chi connectivity index (χ2v) is 4.43. The summed E-state index contributed by atoms with van der Waals surface area (Å²) in [4.78, 5) is 11.6. The zero-order valence-corrected chi connectivity index (χ0v) is 11.2. The molecule has 0 aromatic heterocycles. The standard InChI is InChI=1S/C14H21NO5/c16-8-4-7-12(13(18)9-17)15-14(19)20-10-11-5-2-1-3-6-11/h1-3,5-6,12-13,16-18H,4,7-10H2,(H,15,19)/t12-,13+/m0/s1. The van der Waals surface area contributed by atoms with Crippen LogP contribution in [0.4, 0.5) is 4.79 Å². The average Bonchev–Trinajstić information content (AvgIpc) is 2.49. The number of benzene rings is 1. The molecule has 0 heterocycles. The molecule has 0 spiro atoms. The first-order chi connectivity index (χ1) is 9.67. The van der Waals surface area contributed by atoms with Crippen molar-refractivity contribution in [2.75, 3.05) is 13.2 Å². The lowest BCUT2D eigenvalue weighted by atomic mass is 10.1. The summed E-state index contributed by atoms with van der Waals surface area (Å²) in [5, 5.41) is 29.8. The number of carbonyl (C=O) groups excluding carboxylic acids is 1. The number of rotatable bonds is 8. The van der Waals surface area contributed by atoms with Crippen molar-refractivity contribution in [3.63, 3.8) is 0 Å². The molecule has 1 amide bonds. The van der Waals surface area contributed by atoms with Crippen LogP contribution in [0.1, 0.15) is 18.4 Å². The fraction of sp³-hybridized carbons (Fsp3) is 0.500. The lowest BCUT2D eigenvalue weighted by Crippen LogP contribution is -2.45. The Bertz CT molecular complexity index is 384. The van der Waals surface area contributed by atoms with E-state index in [0.717, 1.165) is 5.56 Å². The number of hydrogen-bond donors (Lipinski definition) is 4. The number of alkyl carbamates (subject to hydrolysis) is 1. The zero-order chi connectivity index (χ0) is 14.8. The molecule has 6 nitrogen and oxygen atoms in total. The first kappa shape index (κ1) is 16.4. The summed E-state index contributed by atoms with van der Waals surface area (Å²) in [6, 6.07) is 8.58. The first-order valence-corrected chi connectivity index (χ1v) is 6.54. The van der Waals surface area contributed by atoms with Gasteiger partial charge in [0.25, 0.3) is 0 Å². The number of nitrogens with one attached hydrogen (secondary N) is 1. The Hall–Kier alpha value is -1.63. The molecule has 0 fully saturated rings. The summed E-state index contributed by atoms with van der Waals surface area (Å²) in [6.45, 7) is -0.376. The largest absolute Gasteiger partial charge is 0.445 e. The van der Waals surface area contributed by atoms with Crippen LogP contribution in [0.2, 0.25) is 0 Å². The highest BCUT2D eigenvalue weighted by atomic mass is 16.5. The van der Waals surface area contributed by atoms with E-state index in [4.69, 9.17) is 14.9 Å². The molecule has 0 saturated carbocycles. The number of hydrogen-bond acceptors (Lipinski definition) is 5. The van der Waals surface area contributed by atoms with Crippen LogP contribution >= 0.6 is 0 Å². The average molecular weight is 283 g/mol. The van der Waals surface area contributed by atoms with E-state index in [2.05, 4.69) is 5.32 Å². The Morgan fingerprint density at radius 2 is 1.95 bits per heavy atom. The molecular formula is C14H21NO5. The van der Waals surface area contributed by atoms with E-state index in [9.17, 15) is 9.90 Å². The molecule has 0 saturated heterocycles. The summed E-state index contributed by atoms with van der Waals surface area (Å²) < 4.78 is 5.03.